The zero-order valence-electron chi connectivity index (χ0n) is 6.39. The molecule has 1 aromatic heterocycles. The van der Waals surface area contributed by atoms with E-state index in [1.165, 1.54) is 5.69 Å². The second-order valence-corrected chi connectivity index (χ2v) is 2.92. The molecular weight excluding hydrogens is 158 g/mol. The van der Waals surface area contributed by atoms with Crippen LogP contribution in [0.3, 0.4) is 0 Å². The van der Waals surface area contributed by atoms with Gasteiger partial charge in [0.2, 0.25) is 0 Å². The van der Waals surface area contributed by atoms with Gasteiger partial charge in [0.1, 0.15) is 0 Å². The lowest BCUT2D eigenvalue weighted by Crippen LogP contribution is -1.98. The number of H-pyrrole nitrogens is 2. The van der Waals surface area contributed by atoms with Gasteiger partial charge in [0.25, 0.3) is 0 Å². The third kappa shape index (κ3) is 2.86. The van der Waals surface area contributed by atoms with Crippen LogP contribution < -0.4 is 5.73 Å². The maximum absolute atomic E-state index is 5.36. The van der Waals surface area contributed by atoms with E-state index in [9.17, 15) is 0 Å². The maximum Gasteiger partial charge on any atom is 0.174 e. The maximum atomic E-state index is 5.36. The highest BCUT2D eigenvalue weighted by molar-refractivity contribution is 7.71. The quantitative estimate of drug-likeness (QED) is 0.473. The number of aromatic amines is 2. The number of aryl methyl sites for hydroxylation is 1. The lowest BCUT2D eigenvalue weighted by molar-refractivity contribution is 0.735. The van der Waals surface area contributed by atoms with E-state index in [0.717, 1.165) is 25.8 Å². The van der Waals surface area contributed by atoms with Crippen LogP contribution in [0.1, 0.15) is 18.5 Å². The summed E-state index contributed by atoms with van der Waals surface area (Å²) in [6, 6.07) is 0. The summed E-state index contributed by atoms with van der Waals surface area (Å²) in [4.78, 5) is 5.98. The van der Waals surface area contributed by atoms with E-state index in [0.29, 0.717) is 4.77 Å². The van der Waals surface area contributed by atoms with Crippen LogP contribution in [0.5, 0.6) is 0 Å². The van der Waals surface area contributed by atoms with E-state index >= 15 is 0 Å². The van der Waals surface area contributed by atoms with Crippen molar-refractivity contribution in [1.82, 2.24) is 9.97 Å². The summed E-state index contributed by atoms with van der Waals surface area (Å²) in [7, 11) is 0. The van der Waals surface area contributed by atoms with Crippen LogP contribution in [-0.4, -0.2) is 16.5 Å². The largest absolute Gasteiger partial charge is 0.337 e. The minimum atomic E-state index is 0.702. The molecule has 4 heteroatoms. The van der Waals surface area contributed by atoms with Crippen LogP contribution in [-0.2, 0) is 6.42 Å². The SMILES string of the molecule is NCCCCc1c[nH]c(=S)[nH]1. The average molecular weight is 171 g/mol. The number of imidazole rings is 1. The molecule has 0 aliphatic carbocycles. The van der Waals surface area contributed by atoms with Crippen LogP contribution >= 0.6 is 12.2 Å². The van der Waals surface area contributed by atoms with Gasteiger partial charge in [-0.1, -0.05) is 0 Å². The van der Waals surface area contributed by atoms with Crippen LogP contribution in [0.15, 0.2) is 6.20 Å². The Balaban J connectivity index is 2.33. The number of aromatic nitrogens is 2. The summed E-state index contributed by atoms with van der Waals surface area (Å²) in [5.74, 6) is 0. The summed E-state index contributed by atoms with van der Waals surface area (Å²) in [5.41, 5.74) is 6.53. The number of unbranched alkanes of at least 4 members (excludes halogenated alkanes) is 1. The normalized spacial score (nSPS) is 10.3. The van der Waals surface area contributed by atoms with Gasteiger partial charge in [-0.3, -0.25) is 0 Å². The van der Waals surface area contributed by atoms with Crippen molar-refractivity contribution in [2.45, 2.75) is 19.3 Å². The Hall–Kier alpha value is -0.610. The molecule has 0 aliphatic heterocycles. The van der Waals surface area contributed by atoms with Gasteiger partial charge in [0, 0.05) is 11.9 Å². The number of rotatable bonds is 4. The molecule has 3 nitrogen and oxygen atoms in total. The first-order valence-electron chi connectivity index (χ1n) is 3.79. The molecule has 0 bridgehead atoms. The molecule has 0 amide bonds. The molecule has 0 atom stereocenters. The predicted octanol–water partition coefficient (Wildman–Crippen LogP) is 1.35. The number of nitrogens with one attached hydrogen (secondary N) is 2. The number of nitrogens with two attached hydrogens (primary N) is 1. The third-order valence-corrected chi connectivity index (χ3v) is 1.77. The summed E-state index contributed by atoms with van der Waals surface area (Å²) >= 11 is 4.88. The summed E-state index contributed by atoms with van der Waals surface area (Å²) in [6.07, 6.45) is 5.15. The Bertz CT molecular complexity index is 250. The summed E-state index contributed by atoms with van der Waals surface area (Å²) in [6.45, 7) is 0.769. The Morgan fingerprint density at radius 2 is 2.27 bits per heavy atom. The molecule has 0 saturated carbocycles. The second kappa shape index (κ2) is 4.31. The van der Waals surface area contributed by atoms with Crippen molar-refractivity contribution in [3.8, 4) is 0 Å². The first-order chi connectivity index (χ1) is 5.33. The first-order valence-corrected chi connectivity index (χ1v) is 4.20. The molecule has 62 valence electrons. The Morgan fingerprint density at radius 1 is 1.45 bits per heavy atom. The van der Waals surface area contributed by atoms with Crippen molar-refractivity contribution in [2.75, 3.05) is 6.54 Å². The van der Waals surface area contributed by atoms with Crippen molar-refractivity contribution in [3.05, 3.63) is 16.7 Å². The minimum Gasteiger partial charge on any atom is -0.337 e. The van der Waals surface area contributed by atoms with Crippen LogP contribution in [0.2, 0.25) is 0 Å². The standard InChI is InChI=1S/C7H13N3S/c8-4-2-1-3-6-5-9-7(11)10-6/h5H,1-4,8H2,(H2,9,10,11). The van der Waals surface area contributed by atoms with Crippen molar-refractivity contribution in [2.24, 2.45) is 5.73 Å². The summed E-state index contributed by atoms with van der Waals surface area (Å²) < 4.78 is 0.702. The molecule has 0 spiro atoms. The molecule has 1 rings (SSSR count). The zero-order valence-corrected chi connectivity index (χ0v) is 7.21. The van der Waals surface area contributed by atoms with Gasteiger partial charge in [-0.15, -0.1) is 0 Å². The fourth-order valence-corrected chi connectivity index (χ4v) is 1.16. The van der Waals surface area contributed by atoms with Crippen molar-refractivity contribution < 1.29 is 0 Å². The van der Waals surface area contributed by atoms with Crippen molar-refractivity contribution >= 4 is 12.2 Å². The molecule has 0 unspecified atom stereocenters. The smallest absolute Gasteiger partial charge is 0.174 e. The molecule has 4 N–H and O–H groups in total. The van der Waals surface area contributed by atoms with Gasteiger partial charge in [-0.2, -0.15) is 0 Å². The highest BCUT2D eigenvalue weighted by atomic mass is 32.1. The molecule has 0 radical (unpaired) electrons. The van der Waals surface area contributed by atoms with E-state index in [1.807, 2.05) is 6.20 Å². The van der Waals surface area contributed by atoms with Crippen LogP contribution in [0.4, 0.5) is 0 Å². The number of hydrogen-bond acceptors (Lipinski definition) is 2. The van der Waals surface area contributed by atoms with Crippen molar-refractivity contribution in [1.29, 1.82) is 0 Å². The molecule has 0 aliphatic rings. The van der Waals surface area contributed by atoms with E-state index in [2.05, 4.69) is 9.97 Å². The molecule has 0 fully saturated rings. The fraction of sp³-hybridized carbons (Fsp3) is 0.571. The van der Waals surface area contributed by atoms with Gasteiger partial charge in [-0.05, 0) is 38.0 Å². The lowest BCUT2D eigenvalue weighted by Gasteiger charge is -1.93. The van der Waals surface area contributed by atoms with E-state index < -0.39 is 0 Å². The van der Waals surface area contributed by atoms with E-state index in [-0.39, 0.29) is 0 Å². The van der Waals surface area contributed by atoms with Crippen molar-refractivity contribution in [3.63, 3.8) is 0 Å². The van der Waals surface area contributed by atoms with Crippen LogP contribution in [0, 0.1) is 4.77 Å². The van der Waals surface area contributed by atoms with Gasteiger partial charge in [0.05, 0.1) is 0 Å². The molecule has 11 heavy (non-hydrogen) atoms. The van der Waals surface area contributed by atoms with Gasteiger partial charge < -0.3 is 15.7 Å². The molecule has 1 heterocycles. The number of hydrogen-bond donors (Lipinski definition) is 3. The zero-order chi connectivity index (χ0) is 8.10. The third-order valence-electron chi connectivity index (χ3n) is 1.55. The van der Waals surface area contributed by atoms with Crippen LogP contribution in [0.25, 0.3) is 0 Å². The molecular formula is C7H13N3S. The average Bonchev–Trinajstić information content (AvgIpc) is 2.37. The minimum absolute atomic E-state index is 0.702. The fourth-order valence-electron chi connectivity index (χ4n) is 0.965. The monoisotopic (exact) mass is 171 g/mol. The highest BCUT2D eigenvalue weighted by Gasteiger charge is 1.92. The highest BCUT2D eigenvalue weighted by Crippen LogP contribution is 1.99. The second-order valence-electron chi connectivity index (χ2n) is 2.51. The van der Waals surface area contributed by atoms with Gasteiger partial charge in [0.15, 0.2) is 4.77 Å². The summed E-state index contributed by atoms with van der Waals surface area (Å²) in [5, 5.41) is 0. The predicted molar refractivity (Wildman–Crippen MR) is 48.0 cm³/mol. The Morgan fingerprint density at radius 3 is 2.82 bits per heavy atom. The topological polar surface area (TPSA) is 57.6 Å². The van der Waals surface area contributed by atoms with E-state index in [1.54, 1.807) is 0 Å². The van der Waals surface area contributed by atoms with Gasteiger partial charge >= 0.3 is 0 Å². The van der Waals surface area contributed by atoms with Gasteiger partial charge in [-0.25, -0.2) is 0 Å². The molecule has 0 aromatic carbocycles. The first kappa shape index (κ1) is 8.49. The molecule has 0 saturated heterocycles. The Kier molecular flexibility index (Phi) is 3.32. The molecule has 1 aromatic rings. The Labute approximate surface area is 71.0 Å². The lowest BCUT2D eigenvalue weighted by atomic mass is 10.2. The van der Waals surface area contributed by atoms with E-state index in [4.69, 9.17) is 18.0 Å².